The van der Waals surface area contributed by atoms with Crippen molar-refractivity contribution < 1.29 is 0 Å². The number of nitrogens with one attached hydrogen (secondary N) is 1. The molecule has 1 aromatic heterocycles. The molecule has 5 heteroatoms. The summed E-state index contributed by atoms with van der Waals surface area (Å²) in [5.41, 5.74) is 0.677. The van der Waals surface area contributed by atoms with Gasteiger partial charge in [-0.25, -0.2) is 4.79 Å². The molecule has 1 saturated carbocycles. The minimum atomic E-state index is -0.279. The highest BCUT2D eigenvalue weighted by Gasteiger charge is 2.64. The standard InChI is InChI=1S/C14H23N3O2/c1-13(2)11(14(13,3)4)15-8-9-7-10(18)17(6)12(19)16(9)5/h7,11,15H,8H2,1-6H3. The van der Waals surface area contributed by atoms with E-state index in [2.05, 4.69) is 33.0 Å². The Morgan fingerprint density at radius 1 is 1.11 bits per heavy atom. The lowest BCUT2D eigenvalue weighted by molar-refractivity contribution is 0.457. The Kier molecular flexibility index (Phi) is 3.01. The summed E-state index contributed by atoms with van der Waals surface area (Å²) in [6.45, 7) is 9.46. The molecular weight excluding hydrogens is 242 g/mol. The first-order chi connectivity index (χ1) is 8.60. The Labute approximate surface area is 113 Å². The van der Waals surface area contributed by atoms with Crippen LogP contribution in [0.15, 0.2) is 15.7 Å². The van der Waals surface area contributed by atoms with Crippen LogP contribution in [0.2, 0.25) is 0 Å². The quantitative estimate of drug-likeness (QED) is 0.871. The van der Waals surface area contributed by atoms with Crippen LogP contribution in [-0.2, 0) is 20.6 Å². The molecule has 0 aromatic carbocycles. The number of rotatable bonds is 3. The Hall–Kier alpha value is -1.36. The van der Waals surface area contributed by atoms with Gasteiger partial charge >= 0.3 is 5.69 Å². The Morgan fingerprint density at radius 3 is 2.11 bits per heavy atom. The Morgan fingerprint density at radius 2 is 1.63 bits per heavy atom. The van der Waals surface area contributed by atoms with E-state index in [0.717, 1.165) is 10.3 Å². The molecule has 0 saturated heterocycles. The molecule has 5 nitrogen and oxygen atoms in total. The van der Waals surface area contributed by atoms with Gasteiger partial charge in [0.1, 0.15) is 0 Å². The SMILES string of the molecule is Cn1c(CNC2C(C)(C)C2(C)C)cc(=O)n(C)c1=O. The smallest absolute Gasteiger partial charge is 0.307 e. The van der Waals surface area contributed by atoms with Gasteiger partial charge in [-0.3, -0.25) is 13.9 Å². The molecule has 0 amide bonds. The van der Waals surface area contributed by atoms with Crippen LogP contribution in [0, 0.1) is 10.8 Å². The molecule has 0 aliphatic heterocycles. The van der Waals surface area contributed by atoms with Gasteiger partial charge in [-0.2, -0.15) is 0 Å². The average Bonchev–Trinajstić information content (AvgIpc) is 2.70. The molecule has 1 heterocycles. The normalized spacial score (nSPS) is 20.5. The van der Waals surface area contributed by atoms with Gasteiger partial charge in [-0.1, -0.05) is 27.7 Å². The summed E-state index contributed by atoms with van der Waals surface area (Å²) in [5, 5.41) is 3.46. The highest BCUT2D eigenvalue weighted by molar-refractivity contribution is 5.18. The maximum absolute atomic E-state index is 11.8. The minimum Gasteiger partial charge on any atom is -0.307 e. The zero-order valence-electron chi connectivity index (χ0n) is 12.6. The number of hydrogen-bond acceptors (Lipinski definition) is 3. The monoisotopic (exact) mass is 265 g/mol. The van der Waals surface area contributed by atoms with Crippen molar-refractivity contribution in [2.24, 2.45) is 24.9 Å². The molecule has 1 aliphatic rings. The molecule has 0 atom stereocenters. The first-order valence-corrected chi connectivity index (χ1v) is 6.60. The third kappa shape index (κ3) is 1.96. The molecule has 19 heavy (non-hydrogen) atoms. The van der Waals surface area contributed by atoms with Crippen LogP contribution in [-0.4, -0.2) is 15.2 Å². The van der Waals surface area contributed by atoms with Crippen LogP contribution in [0.3, 0.4) is 0 Å². The summed E-state index contributed by atoms with van der Waals surface area (Å²) < 4.78 is 2.64. The summed E-state index contributed by atoms with van der Waals surface area (Å²) in [6.07, 6.45) is 0. The second-order valence-corrected chi connectivity index (χ2v) is 6.63. The van der Waals surface area contributed by atoms with E-state index in [9.17, 15) is 9.59 Å². The summed E-state index contributed by atoms with van der Waals surface area (Å²) >= 11 is 0. The molecule has 0 unspecified atom stereocenters. The summed E-state index contributed by atoms with van der Waals surface area (Å²) in [6, 6.07) is 1.93. The number of nitrogens with zero attached hydrogens (tertiary/aromatic N) is 2. The van der Waals surface area contributed by atoms with E-state index in [1.165, 1.54) is 17.7 Å². The zero-order valence-corrected chi connectivity index (χ0v) is 12.6. The average molecular weight is 265 g/mol. The van der Waals surface area contributed by atoms with Crippen LogP contribution < -0.4 is 16.6 Å². The highest BCUT2D eigenvalue weighted by Crippen LogP contribution is 2.62. The molecule has 0 bridgehead atoms. The van der Waals surface area contributed by atoms with Gasteiger partial charge in [0, 0.05) is 38.4 Å². The maximum Gasteiger partial charge on any atom is 0.330 e. The lowest BCUT2D eigenvalue weighted by atomic mass is 10.0. The topological polar surface area (TPSA) is 56.0 Å². The van der Waals surface area contributed by atoms with Crippen LogP contribution in [0.4, 0.5) is 0 Å². The number of aromatic nitrogens is 2. The Bertz CT molecular complexity index is 609. The van der Waals surface area contributed by atoms with Gasteiger partial charge in [0.25, 0.3) is 5.56 Å². The highest BCUT2D eigenvalue weighted by atomic mass is 16.2. The Balaban J connectivity index is 2.19. The van der Waals surface area contributed by atoms with Gasteiger partial charge < -0.3 is 5.32 Å². The second-order valence-electron chi connectivity index (χ2n) is 6.63. The van der Waals surface area contributed by atoms with Crippen molar-refractivity contribution >= 4 is 0 Å². The van der Waals surface area contributed by atoms with Crippen molar-refractivity contribution in [1.82, 2.24) is 14.5 Å². The second kappa shape index (κ2) is 4.07. The van der Waals surface area contributed by atoms with Crippen molar-refractivity contribution in [2.45, 2.75) is 40.3 Å². The largest absolute Gasteiger partial charge is 0.330 e. The fourth-order valence-corrected chi connectivity index (χ4v) is 2.86. The summed E-state index contributed by atoms with van der Waals surface area (Å²) in [7, 11) is 3.19. The number of hydrogen-bond donors (Lipinski definition) is 1. The van der Waals surface area contributed by atoms with Crippen molar-refractivity contribution in [1.29, 1.82) is 0 Å². The predicted molar refractivity (Wildman–Crippen MR) is 75.1 cm³/mol. The van der Waals surface area contributed by atoms with Crippen molar-refractivity contribution in [3.05, 3.63) is 32.6 Å². The van der Waals surface area contributed by atoms with Gasteiger partial charge in [-0.15, -0.1) is 0 Å². The molecule has 1 fully saturated rings. The van der Waals surface area contributed by atoms with E-state index in [1.807, 2.05) is 0 Å². The molecule has 2 rings (SSSR count). The van der Waals surface area contributed by atoms with Crippen molar-refractivity contribution in [3.8, 4) is 0 Å². The van der Waals surface area contributed by atoms with Gasteiger partial charge in [0.05, 0.1) is 0 Å². The molecule has 106 valence electrons. The lowest BCUT2D eigenvalue weighted by Gasteiger charge is -2.11. The predicted octanol–water partition coefficient (Wildman–Crippen LogP) is 0.608. The van der Waals surface area contributed by atoms with Gasteiger partial charge in [-0.05, 0) is 10.8 Å². The summed E-state index contributed by atoms with van der Waals surface area (Å²) in [5.74, 6) is 0. The van der Waals surface area contributed by atoms with E-state index in [4.69, 9.17) is 0 Å². The van der Waals surface area contributed by atoms with E-state index < -0.39 is 0 Å². The molecule has 1 N–H and O–H groups in total. The molecule has 0 spiro atoms. The van der Waals surface area contributed by atoms with Crippen molar-refractivity contribution in [3.63, 3.8) is 0 Å². The fraction of sp³-hybridized carbons (Fsp3) is 0.714. The van der Waals surface area contributed by atoms with E-state index in [-0.39, 0.29) is 22.1 Å². The molecule has 1 aromatic rings. The first kappa shape index (κ1) is 14.1. The third-order valence-corrected chi connectivity index (χ3v) is 5.13. The summed E-state index contributed by atoms with van der Waals surface area (Å²) in [4.78, 5) is 23.5. The van der Waals surface area contributed by atoms with Crippen LogP contribution >= 0.6 is 0 Å². The van der Waals surface area contributed by atoms with E-state index in [1.54, 1.807) is 7.05 Å². The molecular formula is C14H23N3O2. The van der Waals surface area contributed by atoms with E-state index in [0.29, 0.717) is 12.6 Å². The maximum atomic E-state index is 11.8. The zero-order chi connectivity index (χ0) is 14.6. The fourth-order valence-electron chi connectivity index (χ4n) is 2.86. The van der Waals surface area contributed by atoms with Crippen LogP contribution in [0.1, 0.15) is 33.4 Å². The minimum absolute atomic E-state index is 0.242. The van der Waals surface area contributed by atoms with Crippen molar-refractivity contribution in [2.75, 3.05) is 0 Å². The van der Waals surface area contributed by atoms with Gasteiger partial charge in [0.2, 0.25) is 0 Å². The molecule has 1 aliphatic carbocycles. The lowest BCUT2D eigenvalue weighted by Crippen LogP contribution is -2.39. The third-order valence-electron chi connectivity index (χ3n) is 5.13. The van der Waals surface area contributed by atoms with Crippen LogP contribution in [0.25, 0.3) is 0 Å². The molecule has 0 radical (unpaired) electrons. The van der Waals surface area contributed by atoms with E-state index >= 15 is 0 Å². The first-order valence-electron chi connectivity index (χ1n) is 6.60. The van der Waals surface area contributed by atoms with Crippen LogP contribution in [0.5, 0.6) is 0 Å². The van der Waals surface area contributed by atoms with Gasteiger partial charge in [0.15, 0.2) is 0 Å².